The summed E-state index contributed by atoms with van der Waals surface area (Å²) in [5, 5.41) is 23.8. The maximum atomic E-state index is 12.9. The highest BCUT2D eigenvalue weighted by Crippen LogP contribution is 2.43. The molecule has 2 aliphatic heterocycles. The summed E-state index contributed by atoms with van der Waals surface area (Å²) in [6, 6.07) is 3.42. The van der Waals surface area contributed by atoms with Crippen molar-refractivity contribution in [1.29, 1.82) is 0 Å². The van der Waals surface area contributed by atoms with Gasteiger partial charge in [-0.05, 0) is 17.9 Å². The Bertz CT molecular complexity index is 1030. The molecule has 2 atom stereocenters. The van der Waals surface area contributed by atoms with E-state index in [-0.39, 0.29) is 22.9 Å². The van der Waals surface area contributed by atoms with Crippen LogP contribution >= 0.6 is 23.5 Å². The molecule has 0 radical (unpaired) electrons. The van der Waals surface area contributed by atoms with Crippen molar-refractivity contribution in [1.82, 2.24) is 15.2 Å². The van der Waals surface area contributed by atoms with E-state index in [9.17, 15) is 24.3 Å². The van der Waals surface area contributed by atoms with Gasteiger partial charge in [0, 0.05) is 10.7 Å². The van der Waals surface area contributed by atoms with E-state index >= 15 is 0 Å². The van der Waals surface area contributed by atoms with Crippen molar-refractivity contribution in [2.45, 2.75) is 18.3 Å². The van der Waals surface area contributed by atoms with E-state index < -0.39 is 41.8 Å². The van der Waals surface area contributed by atoms with Crippen LogP contribution < -0.4 is 11.1 Å². The summed E-state index contributed by atoms with van der Waals surface area (Å²) >= 11 is 2.69. The van der Waals surface area contributed by atoms with Gasteiger partial charge in [-0.1, -0.05) is 18.1 Å². The van der Waals surface area contributed by atoms with Crippen molar-refractivity contribution in [2.24, 2.45) is 5.16 Å². The Labute approximate surface area is 190 Å². The predicted molar refractivity (Wildman–Crippen MR) is 117 cm³/mol. The molecule has 0 saturated carbocycles. The first-order chi connectivity index (χ1) is 15.2. The number of carboxylic acid groups (broad SMARTS) is 2. The zero-order valence-electron chi connectivity index (χ0n) is 16.7. The van der Waals surface area contributed by atoms with E-state index in [0.717, 1.165) is 4.90 Å². The van der Waals surface area contributed by atoms with Gasteiger partial charge in [0.2, 0.25) is 6.61 Å². The lowest BCUT2D eigenvalue weighted by atomic mass is 10.0. The minimum Gasteiger partial charge on any atom is -0.479 e. The summed E-state index contributed by atoms with van der Waals surface area (Å²) in [5.74, 6) is -2.80. The largest absolute Gasteiger partial charge is 0.479 e. The fraction of sp³-hybridized carbons (Fsp3) is 0.333. The lowest BCUT2D eigenvalue weighted by Crippen LogP contribution is -2.71. The molecular weight excluding hydrogens is 462 g/mol. The minimum absolute atomic E-state index is 0.0144. The molecule has 0 aromatic carbocycles. The molecule has 1 aromatic rings. The number of amides is 2. The monoisotopic (exact) mass is 481 g/mol. The Hall–Kier alpha value is -3.26. The van der Waals surface area contributed by atoms with Crippen molar-refractivity contribution in [2.75, 3.05) is 23.8 Å². The first kappa shape index (κ1) is 23.4. The number of fused-ring (bicyclic) bond motifs is 1. The molecule has 2 amide bonds. The first-order valence-electron chi connectivity index (χ1n) is 9.24. The number of aliphatic carboxylic acids is 2. The van der Waals surface area contributed by atoms with Gasteiger partial charge in [0.25, 0.3) is 11.8 Å². The molecule has 0 spiro atoms. The molecule has 12 nitrogen and oxygen atoms in total. The Kier molecular flexibility index (Phi) is 7.25. The molecule has 2 aliphatic rings. The smallest absolute Gasteiger partial charge is 0.353 e. The molecule has 1 fully saturated rings. The molecule has 0 bridgehead atoms. The van der Waals surface area contributed by atoms with Gasteiger partial charge >= 0.3 is 11.9 Å². The van der Waals surface area contributed by atoms with Crippen LogP contribution in [0.25, 0.3) is 0 Å². The Morgan fingerprint density at radius 1 is 1.41 bits per heavy atom. The van der Waals surface area contributed by atoms with E-state index in [4.69, 9.17) is 10.8 Å². The summed E-state index contributed by atoms with van der Waals surface area (Å²) in [7, 11) is 0. The number of nitrogens with one attached hydrogen (secondary N) is 1. The molecule has 3 rings (SSSR count). The van der Waals surface area contributed by atoms with Crippen molar-refractivity contribution in [3.63, 3.8) is 0 Å². The van der Waals surface area contributed by atoms with Gasteiger partial charge in [0.1, 0.15) is 28.6 Å². The number of pyridine rings is 1. The second kappa shape index (κ2) is 9.91. The molecule has 14 heteroatoms. The Balaban J connectivity index is 1.81. The summed E-state index contributed by atoms with van der Waals surface area (Å²) < 4.78 is 0. The van der Waals surface area contributed by atoms with Crippen molar-refractivity contribution < 1.29 is 34.2 Å². The van der Waals surface area contributed by atoms with Crippen molar-refractivity contribution in [3.8, 4) is 0 Å². The second-order valence-corrected chi connectivity index (χ2v) is 8.89. The maximum Gasteiger partial charge on any atom is 0.353 e. The average molecular weight is 482 g/mol. The number of aromatic nitrogens is 1. The standard InChI is InChI=1S/C18H19N5O7S2/c1-2-31-9-7-32-17-13(16(27)23(17)14(9)18(28)29)21-15(26)12(22-30-6-11(24)25)8-4-3-5-10(19)20-8/h3-5,13,17H,2,6-7H2,1H3,(H2,19,20)(H,21,26)(H,24,25)(H,28,29)/b22-12+/t13?,17-/m1/s1. The molecule has 1 aromatic heterocycles. The fourth-order valence-corrected chi connectivity index (χ4v) is 5.43. The SMILES string of the molecule is CCSC1=C(C(=O)O)N2C(=O)C(NC(=O)/C(=N/OCC(=O)O)c3cccc(N)n3)[C@H]2SC1. The quantitative estimate of drug-likeness (QED) is 0.210. The minimum atomic E-state index is -1.30. The number of nitrogens with two attached hydrogens (primary N) is 1. The van der Waals surface area contributed by atoms with Gasteiger partial charge in [-0.3, -0.25) is 14.5 Å². The number of carbonyl (C=O) groups excluding carboxylic acids is 2. The zero-order chi connectivity index (χ0) is 23.4. The van der Waals surface area contributed by atoms with Gasteiger partial charge in [-0.15, -0.1) is 23.5 Å². The van der Waals surface area contributed by atoms with Gasteiger partial charge < -0.3 is 26.1 Å². The van der Waals surface area contributed by atoms with Crippen LogP contribution in [0.15, 0.2) is 34.0 Å². The summed E-state index contributed by atoms with van der Waals surface area (Å²) in [6.07, 6.45) is 0. The predicted octanol–water partition coefficient (Wildman–Crippen LogP) is -0.0817. The fourth-order valence-electron chi connectivity index (χ4n) is 3.03. The van der Waals surface area contributed by atoms with Gasteiger partial charge in [-0.2, -0.15) is 0 Å². The number of β-lactam (4-membered cyclic amide) rings is 1. The molecule has 1 saturated heterocycles. The van der Waals surface area contributed by atoms with Crippen LogP contribution in [0, 0.1) is 0 Å². The summed E-state index contributed by atoms with van der Waals surface area (Å²) in [4.78, 5) is 58.4. The van der Waals surface area contributed by atoms with Crippen LogP contribution in [0.1, 0.15) is 12.6 Å². The number of oxime groups is 1. The van der Waals surface area contributed by atoms with Gasteiger partial charge in [0.05, 0.1) is 0 Å². The number of rotatable bonds is 9. The molecule has 3 heterocycles. The second-order valence-electron chi connectivity index (χ2n) is 6.43. The number of anilines is 1. The molecule has 170 valence electrons. The Morgan fingerprint density at radius 3 is 2.78 bits per heavy atom. The maximum absolute atomic E-state index is 12.9. The average Bonchev–Trinajstić information content (AvgIpc) is 2.74. The van der Waals surface area contributed by atoms with E-state index in [1.54, 1.807) is 0 Å². The number of thioether (sulfide) groups is 2. The lowest BCUT2D eigenvalue weighted by molar-refractivity contribution is -0.150. The van der Waals surface area contributed by atoms with E-state index in [0.29, 0.717) is 16.4 Å². The number of nitrogen functional groups attached to an aromatic ring is 1. The highest BCUT2D eigenvalue weighted by molar-refractivity contribution is 8.06. The highest BCUT2D eigenvalue weighted by Gasteiger charge is 2.54. The van der Waals surface area contributed by atoms with Crippen LogP contribution in [-0.4, -0.2) is 79.1 Å². The number of carboxylic acids is 2. The molecule has 0 aliphatic carbocycles. The number of hydrogen-bond acceptors (Lipinski definition) is 10. The Morgan fingerprint density at radius 2 is 2.16 bits per heavy atom. The van der Waals surface area contributed by atoms with E-state index in [2.05, 4.69) is 20.3 Å². The van der Waals surface area contributed by atoms with Crippen LogP contribution in [0.4, 0.5) is 5.82 Å². The normalized spacial score (nSPS) is 20.3. The number of hydrogen-bond donors (Lipinski definition) is 4. The third-order valence-electron chi connectivity index (χ3n) is 4.31. The highest BCUT2D eigenvalue weighted by atomic mass is 32.2. The van der Waals surface area contributed by atoms with Crippen LogP contribution in [0.5, 0.6) is 0 Å². The van der Waals surface area contributed by atoms with Crippen LogP contribution in [0.2, 0.25) is 0 Å². The van der Waals surface area contributed by atoms with Crippen LogP contribution in [-0.2, 0) is 24.0 Å². The van der Waals surface area contributed by atoms with E-state index in [1.807, 2.05) is 6.92 Å². The molecular formula is C18H19N5O7S2. The lowest BCUT2D eigenvalue weighted by Gasteiger charge is -2.49. The molecule has 32 heavy (non-hydrogen) atoms. The molecule has 1 unspecified atom stereocenters. The number of carbonyl (C=O) groups is 4. The van der Waals surface area contributed by atoms with Gasteiger partial charge in [-0.25, -0.2) is 14.6 Å². The van der Waals surface area contributed by atoms with Crippen molar-refractivity contribution >= 4 is 58.8 Å². The number of nitrogens with zero attached hydrogens (tertiary/aromatic N) is 3. The van der Waals surface area contributed by atoms with Crippen LogP contribution in [0.3, 0.4) is 0 Å². The topological polar surface area (TPSA) is 185 Å². The third-order valence-corrected chi connectivity index (χ3v) is 6.75. The first-order valence-corrected chi connectivity index (χ1v) is 11.3. The van der Waals surface area contributed by atoms with E-state index in [1.165, 1.54) is 41.7 Å². The summed E-state index contributed by atoms with van der Waals surface area (Å²) in [6.45, 7) is 1.09. The summed E-state index contributed by atoms with van der Waals surface area (Å²) in [5.41, 5.74) is 5.21. The molecule has 5 N–H and O–H groups in total. The van der Waals surface area contributed by atoms with Gasteiger partial charge in [0.15, 0.2) is 5.71 Å². The van der Waals surface area contributed by atoms with Crippen molar-refractivity contribution in [3.05, 3.63) is 34.5 Å². The zero-order valence-corrected chi connectivity index (χ0v) is 18.3. The third kappa shape index (κ3) is 4.80.